The van der Waals surface area contributed by atoms with Crippen molar-refractivity contribution in [3.8, 4) is 34.5 Å². The second kappa shape index (κ2) is 24.8. The van der Waals surface area contributed by atoms with Gasteiger partial charge in [0, 0.05) is 0 Å². The number of ether oxygens (including phenoxy) is 6. The van der Waals surface area contributed by atoms with Gasteiger partial charge in [0.05, 0.1) is 36.7 Å². The summed E-state index contributed by atoms with van der Waals surface area (Å²) in [5.74, 6) is -0.638. The molecule has 0 heterocycles. The summed E-state index contributed by atoms with van der Waals surface area (Å²) in [6.07, 6.45) is 14.0. The predicted molar refractivity (Wildman–Crippen MR) is 218 cm³/mol. The van der Waals surface area contributed by atoms with Crippen molar-refractivity contribution in [1.29, 1.82) is 0 Å². The van der Waals surface area contributed by atoms with Gasteiger partial charge in [-0.1, -0.05) is 85.0 Å². The highest BCUT2D eigenvalue weighted by Crippen LogP contribution is 2.23. The third-order valence-electron chi connectivity index (χ3n) is 9.11. The molecule has 57 heavy (non-hydrogen) atoms. The summed E-state index contributed by atoms with van der Waals surface area (Å²) in [6, 6.07) is 25.7. The minimum atomic E-state index is -0.818. The van der Waals surface area contributed by atoms with Gasteiger partial charge in [-0.15, -0.1) is 0 Å². The first-order valence-electron chi connectivity index (χ1n) is 20.3. The van der Waals surface area contributed by atoms with Crippen molar-refractivity contribution in [3.63, 3.8) is 0 Å². The van der Waals surface area contributed by atoms with Gasteiger partial charge in [-0.25, -0.2) is 9.59 Å². The van der Waals surface area contributed by atoms with Crippen molar-refractivity contribution >= 4 is 23.9 Å². The monoisotopic (exact) mass is 780 g/mol. The van der Waals surface area contributed by atoms with E-state index in [1.54, 1.807) is 55.5 Å². The van der Waals surface area contributed by atoms with Crippen LogP contribution in [0.25, 0.3) is 0 Å². The lowest BCUT2D eigenvalue weighted by Crippen LogP contribution is -2.23. The Morgan fingerprint density at radius 2 is 0.754 bits per heavy atom. The van der Waals surface area contributed by atoms with Crippen molar-refractivity contribution in [1.82, 2.24) is 0 Å². The first kappa shape index (κ1) is 44.1. The van der Waals surface area contributed by atoms with Crippen molar-refractivity contribution in [3.05, 3.63) is 108 Å². The number of rotatable bonds is 25. The molecular formula is C47H56O10. The quantitative estimate of drug-likeness (QED) is 0.0365. The Kier molecular flexibility index (Phi) is 19.2. The lowest BCUT2D eigenvalue weighted by atomic mass is 10.1. The molecule has 0 radical (unpaired) electrons. The molecule has 0 aliphatic heterocycles. The van der Waals surface area contributed by atoms with Gasteiger partial charge in [0.15, 0.2) is 0 Å². The second-order valence-corrected chi connectivity index (χ2v) is 14.0. The maximum absolute atomic E-state index is 12.7. The van der Waals surface area contributed by atoms with Crippen molar-refractivity contribution in [2.75, 3.05) is 13.2 Å². The molecule has 0 fully saturated rings. The van der Waals surface area contributed by atoms with Gasteiger partial charge in [0.25, 0.3) is 0 Å². The number of hydrogen-bond acceptors (Lipinski definition) is 10. The largest absolute Gasteiger partial charge is 0.494 e. The molecule has 4 aromatic rings. The first-order chi connectivity index (χ1) is 27.7. The Labute approximate surface area is 336 Å². The van der Waals surface area contributed by atoms with E-state index in [9.17, 15) is 19.2 Å². The molecule has 0 aliphatic carbocycles. The van der Waals surface area contributed by atoms with Gasteiger partial charge in [-0.2, -0.15) is 0 Å². The SMILES string of the molecule is CCCCCCCCOc1ccc(OC(=O)c2ccc(OC(=O)CC(C)C(=O)Oc3ccc(C(=O)Oc4ccc(OCCCCCCCC)cc4)cc3)cc2)cc1. The number of unbranched alkanes of at least 4 members (excludes halogenated alkanes) is 10. The Bertz CT molecular complexity index is 1800. The van der Waals surface area contributed by atoms with E-state index in [1.165, 1.54) is 99.9 Å². The van der Waals surface area contributed by atoms with Crippen LogP contribution in [0.3, 0.4) is 0 Å². The molecule has 4 aromatic carbocycles. The normalized spacial score (nSPS) is 11.3. The molecule has 0 saturated carbocycles. The fraction of sp³-hybridized carbons (Fsp3) is 0.404. The maximum Gasteiger partial charge on any atom is 0.343 e. The van der Waals surface area contributed by atoms with E-state index < -0.39 is 29.8 Å². The van der Waals surface area contributed by atoms with Gasteiger partial charge < -0.3 is 28.4 Å². The molecule has 304 valence electrons. The molecule has 1 unspecified atom stereocenters. The molecule has 4 rings (SSSR count). The Balaban J connectivity index is 1.13. The molecule has 0 aliphatic rings. The molecule has 10 heteroatoms. The zero-order chi connectivity index (χ0) is 40.7. The molecular weight excluding hydrogens is 725 g/mol. The predicted octanol–water partition coefficient (Wildman–Crippen LogP) is 11.1. The molecule has 0 saturated heterocycles. The maximum atomic E-state index is 12.7. The zero-order valence-electron chi connectivity index (χ0n) is 33.5. The fourth-order valence-corrected chi connectivity index (χ4v) is 5.73. The molecule has 0 N–H and O–H groups in total. The van der Waals surface area contributed by atoms with Crippen LogP contribution in [-0.4, -0.2) is 37.1 Å². The van der Waals surface area contributed by atoms with Crippen LogP contribution in [0.1, 0.15) is 125 Å². The summed E-state index contributed by atoms with van der Waals surface area (Å²) in [5, 5.41) is 0. The van der Waals surface area contributed by atoms with E-state index in [2.05, 4.69) is 13.8 Å². The highest BCUT2D eigenvalue weighted by molar-refractivity contribution is 5.92. The van der Waals surface area contributed by atoms with Crippen LogP contribution in [0, 0.1) is 5.92 Å². The highest BCUT2D eigenvalue weighted by Gasteiger charge is 2.21. The summed E-state index contributed by atoms with van der Waals surface area (Å²) < 4.78 is 33.3. The molecule has 10 nitrogen and oxygen atoms in total. The van der Waals surface area contributed by atoms with Gasteiger partial charge in [-0.3, -0.25) is 9.59 Å². The van der Waals surface area contributed by atoms with Gasteiger partial charge in [0.1, 0.15) is 34.5 Å². The van der Waals surface area contributed by atoms with Gasteiger partial charge in [0.2, 0.25) is 0 Å². The minimum absolute atomic E-state index is 0.207. The standard InChI is InChI=1S/C47H56O10/c1-4-6-8-10-12-14-32-52-38-24-28-42(29-25-38)56-46(50)36-16-20-40(21-17-36)54-44(48)34-35(3)45(49)55-41-22-18-37(19-23-41)47(51)57-43-30-26-39(27-31-43)53-33-15-13-11-9-7-5-2/h16-31,35H,4-15,32-34H2,1-3H3. The van der Waals surface area contributed by atoms with Crippen LogP contribution >= 0.6 is 0 Å². The van der Waals surface area contributed by atoms with Gasteiger partial charge >= 0.3 is 23.9 Å². The number of benzene rings is 4. The van der Waals surface area contributed by atoms with Crippen LogP contribution in [0.5, 0.6) is 34.5 Å². The Morgan fingerprint density at radius 1 is 0.421 bits per heavy atom. The number of esters is 4. The Morgan fingerprint density at radius 3 is 1.18 bits per heavy atom. The summed E-state index contributed by atoms with van der Waals surface area (Å²) >= 11 is 0. The summed E-state index contributed by atoms with van der Waals surface area (Å²) in [7, 11) is 0. The molecule has 0 bridgehead atoms. The summed E-state index contributed by atoms with van der Waals surface area (Å²) in [6.45, 7) is 7.25. The molecule has 1 atom stereocenters. The van der Waals surface area contributed by atoms with Crippen LogP contribution in [0.2, 0.25) is 0 Å². The van der Waals surface area contributed by atoms with Crippen molar-refractivity contribution in [2.24, 2.45) is 5.92 Å². The van der Waals surface area contributed by atoms with Crippen molar-refractivity contribution in [2.45, 2.75) is 104 Å². The summed E-state index contributed by atoms with van der Waals surface area (Å²) in [5.41, 5.74) is 0.541. The smallest absolute Gasteiger partial charge is 0.343 e. The topological polar surface area (TPSA) is 124 Å². The van der Waals surface area contributed by atoms with Crippen molar-refractivity contribution < 1.29 is 47.6 Å². The van der Waals surface area contributed by atoms with E-state index in [4.69, 9.17) is 28.4 Å². The number of carbonyl (C=O) groups is 4. The Hall–Kier alpha value is -5.64. The first-order valence-corrected chi connectivity index (χ1v) is 20.3. The second-order valence-electron chi connectivity index (χ2n) is 14.0. The van der Waals surface area contributed by atoms with E-state index in [-0.39, 0.29) is 29.0 Å². The molecule has 0 aromatic heterocycles. The van der Waals surface area contributed by atoms with Crippen LogP contribution in [0.4, 0.5) is 0 Å². The number of hydrogen-bond donors (Lipinski definition) is 0. The average Bonchev–Trinajstić information content (AvgIpc) is 3.21. The zero-order valence-corrected chi connectivity index (χ0v) is 33.5. The fourth-order valence-electron chi connectivity index (χ4n) is 5.73. The lowest BCUT2D eigenvalue weighted by Gasteiger charge is -2.12. The molecule has 0 spiro atoms. The van der Waals surface area contributed by atoms with E-state index >= 15 is 0 Å². The molecule has 0 amide bonds. The van der Waals surface area contributed by atoms with Gasteiger partial charge in [-0.05, 0) is 110 Å². The highest BCUT2D eigenvalue weighted by atomic mass is 16.6. The third kappa shape index (κ3) is 16.5. The van der Waals surface area contributed by atoms with Crippen LogP contribution in [-0.2, 0) is 9.59 Å². The van der Waals surface area contributed by atoms with E-state index in [1.807, 2.05) is 0 Å². The van der Waals surface area contributed by atoms with E-state index in [0.717, 1.165) is 25.7 Å². The van der Waals surface area contributed by atoms with Crippen LogP contribution < -0.4 is 28.4 Å². The van der Waals surface area contributed by atoms with E-state index in [0.29, 0.717) is 36.2 Å². The third-order valence-corrected chi connectivity index (χ3v) is 9.11. The lowest BCUT2D eigenvalue weighted by molar-refractivity contribution is -0.144. The van der Waals surface area contributed by atoms with Crippen LogP contribution in [0.15, 0.2) is 97.1 Å². The minimum Gasteiger partial charge on any atom is -0.494 e. The summed E-state index contributed by atoms with van der Waals surface area (Å²) in [4.78, 5) is 50.7. The average molecular weight is 781 g/mol. The number of carbonyl (C=O) groups excluding carboxylic acids is 4.